The number of nitrogens with one attached hydrogen (secondary N) is 1. The standard InChI is InChI=1S/C31H33F3N8O2/c1-21-3-4-25(36-30(43)22-13-24(31(32,33)34)16-26(14-22)40-7-5-39(2)6-8-40)17-29(21)42-20-28(37-38-42)23-15-27(19-35-18-23)41-9-11-44-12-10-41/h3-4,13-20H,5-12H2,1-2H3,(H,36,43). The van der Waals surface area contributed by atoms with Crippen molar-refractivity contribution in [3.05, 3.63) is 77.7 Å². The number of nitrogens with zero attached hydrogens (tertiary/aromatic N) is 7. The molecule has 230 valence electrons. The molecule has 2 aromatic carbocycles. The summed E-state index contributed by atoms with van der Waals surface area (Å²) in [6.07, 6.45) is 0.737. The normalized spacial score (nSPS) is 16.3. The van der Waals surface area contributed by atoms with Crippen LogP contribution < -0.4 is 15.1 Å². The van der Waals surface area contributed by atoms with Crippen molar-refractivity contribution >= 4 is 23.0 Å². The molecule has 44 heavy (non-hydrogen) atoms. The van der Waals surface area contributed by atoms with Gasteiger partial charge >= 0.3 is 6.18 Å². The third kappa shape index (κ3) is 6.53. The lowest BCUT2D eigenvalue weighted by atomic mass is 10.1. The molecule has 0 spiro atoms. The van der Waals surface area contributed by atoms with Crippen molar-refractivity contribution in [1.82, 2.24) is 24.9 Å². The summed E-state index contributed by atoms with van der Waals surface area (Å²) in [5.74, 6) is -0.633. The number of piperazine rings is 1. The molecule has 4 heterocycles. The molecule has 2 aromatic heterocycles. The first-order valence-corrected chi connectivity index (χ1v) is 14.4. The van der Waals surface area contributed by atoms with Crippen molar-refractivity contribution < 1.29 is 22.7 Å². The zero-order chi connectivity index (χ0) is 30.8. The number of benzene rings is 2. The average molecular weight is 607 g/mol. The summed E-state index contributed by atoms with van der Waals surface area (Å²) in [6.45, 7) is 7.41. The number of hydrogen-bond acceptors (Lipinski definition) is 8. The van der Waals surface area contributed by atoms with Crippen LogP contribution in [0.2, 0.25) is 0 Å². The van der Waals surface area contributed by atoms with E-state index < -0.39 is 17.6 Å². The number of aryl methyl sites for hydroxylation is 1. The van der Waals surface area contributed by atoms with Crippen molar-refractivity contribution in [3.63, 3.8) is 0 Å². The molecule has 2 aliphatic rings. The number of halogens is 3. The third-order valence-corrected chi connectivity index (χ3v) is 7.98. The van der Waals surface area contributed by atoms with Crippen LogP contribution in [0, 0.1) is 6.92 Å². The first-order valence-electron chi connectivity index (χ1n) is 14.4. The number of morpholine rings is 1. The number of rotatable bonds is 6. The Morgan fingerprint density at radius 2 is 1.66 bits per heavy atom. The first kappa shape index (κ1) is 29.6. The number of pyridine rings is 1. The summed E-state index contributed by atoms with van der Waals surface area (Å²) in [4.78, 5) is 23.9. The van der Waals surface area contributed by atoms with E-state index in [2.05, 4.69) is 30.4 Å². The third-order valence-electron chi connectivity index (χ3n) is 7.98. The number of amides is 1. The number of carbonyl (C=O) groups is 1. The van der Waals surface area contributed by atoms with Gasteiger partial charge in [-0.1, -0.05) is 11.3 Å². The van der Waals surface area contributed by atoms with E-state index in [0.717, 1.165) is 55.1 Å². The van der Waals surface area contributed by atoms with Gasteiger partial charge in [0.2, 0.25) is 0 Å². The summed E-state index contributed by atoms with van der Waals surface area (Å²) >= 11 is 0. The van der Waals surface area contributed by atoms with Gasteiger partial charge in [0.05, 0.1) is 42.5 Å². The Kier molecular flexibility index (Phi) is 8.23. The Morgan fingerprint density at radius 1 is 0.909 bits per heavy atom. The number of ether oxygens (including phenoxy) is 1. The highest BCUT2D eigenvalue weighted by molar-refractivity contribution is 6.05. The summed E-state index contributed by atoms with van der Waals surface area (Å²) in [7, 11) is 1.97. The lowest BCUT2D eigenvalue weighted by molar-refractivity contribution is -0.137. The molecule has 0 atom stereocenters. The van der Waals surface area contributed by atoms with Gasteiger partial charge in [0.15, 0.2) is 0 Å². The van der Waals surface area contributed by atoms with E-state index in [1.54, 1.807) is 29.2 Å². The SMILES string of the molecule is Cc1ccc(NC(=O)c2cc(N3CCN(C)CC3)cc(C(F)(F)F)c2)cc1-n1cc(-c2cncc(N3CCOCC3)c2)nn1. The van der Waals surface area contributed by atoms with E-state index in [-0.39, 0.29) is 5.56 Å². The fourth-order valence-electron chi connectivity index (χ4n) is 5.37. The van der Waals surface area contributed by atoms with E-state index in [9.17, 15) is 18.0 Å². The average Bonchev–Trinajstić information content (AvgIpc) is 3.52. The second kappa shape index (κ2) is 12.2. The molecular weight excluding hydrogens is 573 g/mol. The largest absolute Gasteiger partial charge is 0.416 e. The Bertz CT molecular complexity index is 1640. The van der Waals surface area contributed by atoms with Crippen molar-refractivity contribution in [2.45, 2.75) is 13.1 Å². The summed E-state index contributed by atoms with van der Waals surface area (Å²) in [6, 6.07) is 10.8. The smallest absolute Gasteiger partial charge is 0.378 e. The molecule has 6 rings (SSSR count). The van der Waals surface area contributed by atoms with Crippen LogP contribution in [0.5, 0.6) is 0 Å². The van der Waals surface area contributed by atoms with Crippen LogP contribution in [0.15, 0.2) is 61.1 Å². The zero-order valence-electron chi connectivity index (χ0n) is 24.5. The maximum absolute atomic E-state index is 13.8. The molecular formula is C31H33F3N8O2. The second-order valence-corrected chi connectivity index (χ2v) is 11.1. The quantitative estimate of drug-likeness (QED) is 0.343. The monoisotopic (exact) mass is 606 g/mol. The van der Waals surface area contributed by atoms with Crippen LogP contribution >= 0.6 is 0 Å². The molecule has 2 fully saturated rings. The molecule has 1 N–H and O–H groups in total. The summed E-state index contributed by atoms with van der Waals surface area (Å²) in [5.41, 5.74) is 3.83. The van der Waals surface area contributed by atoms with Crippen LogP contribution in [-0.2, 0) is 10.9 Å². The molecule has 0 saturated carbocycles. The molecule has 0 unspecified atom stereocenters. The van der Waals surface area contributed by atoms with Crippen molar-refractivity contribution in [1.29, 1.82) is 0 Å². The Hall–Kier alpha value is -4.49. The van der Waals surface area contributed by atoms with E-state index in [1.807, 2.05) is 37.2 Å². The van der Waals surface area contributed by atoms with E-state index in [0.29, 0.717) is 49.1 Å². The van der Waals surface area contributed by atoms with Crippen molar-refractivity contribution in [3.8, 4) is 16.9 Å². The lowest BCUT2D eigenvalue weighted by Gasteiger charge is -2.34. The first-order chi connectivity index (χ1) is 21.1. The number of hydrogen-bond donors (Lipinski definition) is 1. The van der Waals surface area contributed by atoms with Gasteiger partial charge < -0.3 is 24.8 Å². The van der Waals surface area contributed by atoms with Gasteiger partial charge in [-0.3, -0.25) is 9.78 Å². The fraction of sp³-hybridized carbons (Fsp3) is 0.355. The lowest BCUT2D eigenvalue weighted by Crippen LogP contribution is -2.44. The minimum atomic E-state index is -4.59. The molecule has 2 saturated heterocycles. The predicted molar refractivity (Wildman–Crippen MR) is 161 cm³/mol. The maximum Gasteiger partial charge on any atom is 0.416 e. The number of anilines is 3. The Balaban J connectivity index is 1.23. The highest BCUT2D eigenvalue weighted by Crippen LogP contribution is 2.34. The Morgan fingerprint density at radius 3 is 2.41 bits per heavy atom. The summed E-state index contributed by atoms with van der Waals surface area (Å²) < 4.78 is 48.5. The number of likely N-dealkylation sites (N-methyl/N-ethyl adjacent to an activating group) is 1. The van der Waals surface area contributed by atoms with Gasteiger partial charge in [0, 0.05) is 68.0 Å². The molecule has 1 amide bonds. The minimum absolute atomic E-state index is 0.0634. The molecule has 0 bridgehead atoms. The minimum Gasteiger partial charge on any atom is -0.378 e. The molecule has 13 heteroatoms. The molecule has 10 nitrogen and oxygen atoms in total. The van der Waals surface area contributed by atoms with Gasteiger partial charge in [-0.15, -0.1) is 5.10 Å². The second-order valence-electron chi connectivity index (χ2n) is 11.1. The van der Waals surface area contributed by atoms with Gasteiger partial charge in [-0.05, 0) is 55.9 Å². The Labute approximate surface area is 253 Å². The molecule has 2 aliphatic heterocycles. The van der Waals surface area contributed by atoms with Crippen LogP contribution in [0.4, 0.5) is 30.2 Å². The topological polar surface area (TPSA) is 91.7 Å². The zero-order valence-corrected chi connectivity index (χ0v) is 24.5. The van der Waals surface area contributed by atoms with Crippen LogP contribution in [0.3, 0.4) is 0 Å². The van der Waals surface area contributed by atoms with Gasteiger partial charge in [0.1, 0.15) is 5.69 Å². The highest BCUT2D eigenvalue weighted by Gasteiger charge is 2.32. The predicted octanol–water partition coefficient (Wildman–Crippen LogP) is 4.50. The van der Waals surface area contributed by atoms with Gasteiger partial charge in [-0.25, -0.2) is 4.68 Å². The summed E-state index contributed by atoms with van der Waals surface area (Å²) in [5, 5.41) is 11.4. The van der Waals surface area contributed by atoms with E-state index in [4.69, 9.17) is 4.74 Å². The maximum atomic E-state index is 13.8. The van der Waals surface area contributed by atoms with E-state index >= 15 is 0 Å². The van der Waals surface area contributed by atoms with Crippen LogP contribution in [0.25, 0.3) is 16.9 Å². The fourth-order valence-corrected chi connectivity index (χ4v) is 5.37. The highest BCUT2D eigenvalue weighted by atomic mass is 19.4. The number of aromatic nitrogens is 4. The van der Waals surface area contributed by atoms with Crippen molar-refractivity contribution in [2.75, 3.05) is 74.6 Å². The van der Waals surface area contributed by atoms with Crippen molar-refractivity contribution in [2.24, 2.45) is 0 Å². The molecule has 0 radical (unpaired) electrons. The van der Waals surface area contributed by atoms with Gasteiger partial charge in [0.25, 0.3) is 5.91 Å². The van der Waals surface area contributed by atoms with E-state index in [1.165, 1.54) is 6.07 Å². The van der Waals surface area contributed by atoms with Gasteiger partial charge in [-0.2, -0.15) is 13.2 Å². The number of alkyl halides is 3. The van der Waals surface area contributed by atoms with Crippen LogP contribution in [-0.4, -0.2) is 90.3 Å². The molecule has 0 aliphatic carbocycles. The van der Waals surface area contributed by atoms with Crippen LogP contribution in [0.1, 0.15) is 21.5 Å². The number of carbonyl (C=O) groups excluding carboxylic acids is 1. The molecule has 4 aromatic rings.